The Morgan fingerprint density at radius 3 is 2.50 bits per heavy atom. The molecule has 1 aliphatic heterocycles. The lowest BCUT2D eigenvalue weighted by atomic mass is 9.69. The Labute approximate surface area is 187 Å². The zero-order valence-corrected chi connectivity index (χ0v) is 18.4. The van der Waals surface area contributed by atoms with E-state index in [1.54, 1.807) is 39.2 Å². The van der Waals surface area contributed by atoms with Crippen LogP contribution >= 0.6 is 0 Å². The fourth-order valence-corrected chi connectivity index (χ4v) is 4.77. The predicted octanol–water partition coefficient (Wildman–Crippen LogP) is 4.97. The van der Waals surface area contributed by atoms with Gasteiger partial charge in [-0.1, -0.05) is 30.3 Å². The third kappa shape index (κ3) is 3.97. The van der Waals surface area contributed by atoms with Gasteiger partial charge in [0.05, 0.1) is 13.7 Å². The molecule has 1 heterocycles. The van der Waals surface area contributed by atoms with Gasteiger partial charge in [0.25, 0.3) is 0 Å². The molecule has 2 aromatic rings. The first-order valence-electron chi connectivity index (χ1n) is 10.8. The lowest BCUT2D eigenvalue weighted by Crippen LogP contribution is -2.38. The average Bonchev–Trinajstić information content (AvgIpc) is 2.78. The number of rotatable bonds is 5. The molecule has 2 aromatic carbocycles. The predicted molar refractivity (Wildman–Crippen MR) is 119 cm³/mol. The summed E-state index contributed by atoms with van der Waals surface area (Å²) < 4.78 is 25.4. The first kappa shape index (κ1) is 21.9. The summed E-state index contributed by atoms with van der Waals surface area (Å²) in [5.41, 5.74) is 2.95. The maximum atomic E-state index is 14.9. The number of ether oxygens (including phenoxy) is 2. The van der Waals surface area contributed by atoms with Crippen LogP contribution in [0.25, 0.3) is 0 Å². The number of benzene rings is 2. The van der Waals surface area contributed by atoms with Crippen molar-refractivity contribution in [3.63, 3.8) is 0 Å². The van der Waals surface area contributed by atoms with Crippen LogP contribution in [0, 0.1) is 11.7 Å². The van der Waals surface area contributed by atoms with Gasteiger partial charge in [-0.15, -0.1) is 0 Å². The Morgan fingerprint density at radius 2 is 1.84 bits per heavy atom. The zero-order chi connectivity index (χ0) is 22.8. The standard InChI is InChI=1S/C26H26FNO4/c1-4-32-26(30)23-15(2)28-21-13-17(16-9-11-18(31-3)12-10-16)14-22(29)25(21)24(23)19-7-5-6-8-20(19)27/h5-12,17,23-24H,4,13-14H2,1-3H3/t17-,23?,24-/m0/s1. The Morgan fingerprint density at radius 1 is 1.12 bits per heavy atom. The van der Waals surface area contributed by atoms with E-state index in [-0.39, 0.29) is 24.7 Å². The van der Waals surface area contributed by atoms with Crippen LogP contribution in [0.1, 0.15) is 49.7 Å². The quantitative estimate of drug-likeness (QED) is 0.622. The molecule has 4 rings (SSSR count). The van der Waals surface area contributed by atoms with Crippen molar-refractivity contribution in [3.8, 4) is 5.75 Å². The summed E-state index contributed by atoms with van der Waals surface area (Å²) >= 11 is 0. The number of methoxy groups -OCH3 is 1. The number of nitrogens with zero attached hydrogens (tertiary/aromatic N) is 1. The molecule has 0 amide bonds. The molecule has 1 unspecified atom stereocenters. The van der Waals surface area contributed by atoms with Gasteiger partial charge >= 0.3 is 5.97 Å². The summed E-state index contributed by atoms with van der Waals surface area (Å²) in [5.74, 6) is -1.90. The molecule has 0 fully saturated rings. The van der Waals surface area contributed by atoms with E-state index in [4.69, 9.17) is 9.47 Å². The number of carbonyl (C=O) groups is 2. The van der Waals surface area contributed by atoms with Gasteiger partial charge in [-0.05, 0) is 55.5 Å². The number of aliphatic imine (C=N–C) groups is 1. The topological polar surface area (TPSA) is 65.0 Å². The molecule has 32 heavy (non-hydrogen) atoms. The van der Waals surface area contributed by atoms with E-state index in [0.717, 1.165) is 11.3 Å². The highest BCUT2D eigenvalue weighted by Gasteiger charge is 2.45. The minimum Gasteiger partial charge on any atom is -0.497 e. The molecule has 0 saturated heterocycles. The molecule has 0 aromatic heterocycles. The van der Waals surface area contributed by atoms with Crippen LogP contribution < -0.4 is 4.74 Å². The largest absolute Gasteiger partial charge is 0.497 e. The summed E-state index contributed by atoms with van der Waals surface area (Å²) in [7, 11) is 1.61. The van der Waals surface area contributed by atoms with Crippen molar-refractivity contribution < 1.29 is 23.5 Å². The van der Waals surface area contributed by atoms with Crippen molar-refractivity contribution in [2.24, 2.45) is 10.9 Å². The number of esters is 1. The molecule has 0 saturated carbocycles. The van der Waals surface area contributed by atoms with Gasteiger partial charge in [0.1, 0.15) is 17.5 Å². The third-order valence-corrected chi connectivity index (χ3v) is 6.26. The van der Waals surface area contributed by atoms with Gasteiger partial charge in [0.2, 0.25) is 0 Å². The number of hydrogen-bond acceptors (Lipinski definition) is 5. The van der Waals surface area contributed by atoms with E-state index in [2.05, 4.69) is 4.99 Å². The molecule has 166 valence electrons. The van der Waals surface area contributed by atoms with Crippen molar-refractivity contribution in [2.45, 2.75) is 38.5 Å². The highest BCUT2D eigenvalue weighted by molar-refractivity contribution is 6.09. The van der Waals surface area contributed by atoms with E-state index < -0.39 is 23.6 Å². The van der Waals surface area contributed by atoms with E-state index in [1.165, 1.54) is 6.07 Å². The van der Waals surface area contributed by atoms with Gasteiger partial charge < -0.3 is 9.47 Å². The van der Waals surface area contributed by atoms with Gasteiger partial charge in [0, 0.05) is 29.3 Å². The molecule has 2 aliphatic rings. The smallest absolute Gasteiger partial charge is 0.315 e. The average molecular weight is 435 g/mol. The zero-order valence-electron chi connectivity index (χ0n) is 18.4. The SMILES string of the molecule is CCOC(=O)C1C(C)=NC2=C(C(=O)C[C@@H](c3ccc(OC)cc3)C2)[C@H]1c1ccccc1F. The van der Waals surface area contributed by atoms with Crippen molar-refractivity contribution in [3.05, 3.63) is 76.7 Å². The van der Waals surface area contributed by atoms with E-state index >= 15 is 0 Å². The molecule has 3 atom stereocenters. The van der Waals surface area contributed by atoms with Crippen LogP contribution in [0.2, 0.25) is 0 Å². The van der Waals surface area contributed by atoms with Crippen molar-refractivity contribution >= 4 is 17.5 Å². The minimum absolute atomic E-state index is 0.0379. The van der Waals surface area contributed by atoms with E-state index in [9.17, 15) is 14.0 Å². The number of halogens is 1. The molecule has 0 radical (unpaired) electrons. The van der Waals surface area contributed by atoms with Crippen molar-refractivity contribution in [1.82, 2.24) is 0 Å². The van der Waals surface area contributed by atoms with Crippen molar-refractivity contribution in [2.75, 3.05) is 13.7 Å². The Kier molecular flexibility index (Phi) is 6.21. The van der Waals surface area contributed by atoms with Crippen LogP contribution in [0.4, 0.5) is 4.39 Å². The van der Waals surface area contributed by atoms with Crippen LogP contribution in [0.3, 0.4) is 0 Å². The molecular formula is C26H26FNO4. The number of hydrogen-bond donors (Lipinski definition) is 0. The molecule has 1 aliphatic carbocycles. The normalized spacial score (nSPS) is 22.8. The minimum atomic E-state index is -0.827. The third-order valence-electron chi connectivity index (χ3n) is 6.26. The lowest BCUT2D eigenvalue weighted by molar-refractivity contribution is -0.146. The molecule has 5 nitrogen and oxygen atoms in total. The summed E-state index contributed by atoms with van der Waals surface area (Å²) in [6.45, 7) is 3.67. The first-order valence-corrected chi connectivity index (χ1v) is 10.8. The molecule has 6 heteroatoms. The summed E-state index contributed by atoms with van der Waals surface area (Å²) in [6, 6.07) is 14.0. The second-order valence-corrected chi connectivity index (χ2v) is 8.14. The summed E-state index contributed by atoms with van der Waals surface area (Å²) in [6.07, 6.45) is 0.825. The highest BCUT2D eigenvalue weighted by atomic mass is 19.1. The number of Topliss-reactive ketones (excluding diaryl/α,β-unsaturated/α-hetero) is 1. The summed E-state index contributed by atoms with van der Waals surface area (Å²) in [5, 5.41) is 0. The molecular weight excluding hydrogens is 409 g/mol. The van der Waals surface area contributed by atoms with Crippen LogP contribution in [0.5, 0.6) is 5.75 Å². The van der Waals surface area contributed by atoms with Crippen LogP contribution in [-0.2, 0) is 14.3 Å². The highest BCUT2D eigenvalue weighted by Crippen LogP contribution is 2.47. The summed E-state index contributed by atoms with van der Waals surface area (Å²) in [4.78, 5) is 31.0. The fraction of sp³-hybridized carbons (Fsp3) is 0.346. The number of ketones is 1. The monoisotopic (exact) mass is 435 g/mol. The Balaban J connectivity index is 1.78. The van der Waals surface area contributed by atoms with Gasteiger partial charge in [-0.2, -0.15) is 0 Å². The molecule has 0 spiro atoms. The second kappa shape index (κ2) is 9.07. The second-order valence-electron chi connectivity index (χ2n) is 8.14. The lowest BCUT2D eigenvalue weighted by Gasteiger charge is -2.36. The Bertz CT molecular complexity index is 1100. The Hall–Kier alpha value is -3.28. The maximum Gasteiger partial charge on any atom is 0.315 e. The maximum absolute atomic E-state index is 14.9. The van der Waals surface area contributed by atoms with E-state index in [1.807, 2.05) is 24.3 Å². The first-order chi connectivity index (χ1) is 15.4. The van der Waals surface area contributed by atoms with Crippen LogP contribution in [-0.4, -0.2) is 31.2 Å². The number of carbonyl (C=O) groups excluding carboxylic acids is 2. The van der Waals surface area contributed by atoms with Crippen LogP contribution in [0.15, 0.2) is 64.8 Å². The molecule has 0 bridgehead atoms. The van der Waals surface area contributed by atoms with Gasteiger partial charge in [0.15, 0.2) is 5.78 Å². The van der Waals surface area contributed by atoms with Crippen molar-refractivity contribution in [1.29, 1.82) is 0 Å². The van der Waals surface area contributed by atoms with Gasteiger partial charge in [-0.25, -0.2) is 4.39 Å². The molecule has 0 N–H and O–H groups in total. The van der Waals surface area contributed by atoms with E-state index in [0.29, 0.717) is 29.0 Å². The number of allylic oxidation sites excluding steroid dienone is 2. The fourth-order valence-electron chi connectivity index (χ4n) is 4.77. The van der Waals surface area contributed by atoms with Gasteiger partial charge in [-0.3, -0.25) is 14.6 Å².